The Bertz CT molecular complexity index is 638. The number of hydrogen-bond donors (Lipinski definition) is 1. The number of aliphatic carboxylic acids is 1. The van der Waals surface area contributed by atoms with Crippen molar-refractivity contribution in [1.82, 2.24) is 0 Å². The molecule has 2 fully saturated rings. The van der Waals surface area contributed by atoms with E-state index in [1.807, 2.05) is 0 Å². The predicted molar refractivity (Wildman–Crippen MR) is 112 cm³/mol. The summed E-state index contributed by atoms with van der Waals surface area (Å²) >= 11 is 0. The van der Waals surface area contributed by atoms with Gasteiger partial charge in [-0.3, -0.25) is 9.59 Å². The van der Waals surface area contributed by atoms with Gasteiger partial charge in [0, 0.05) is 12.8 Å². The minimum atomic E-state index is -0.858. The van der Waals surface area contributed by atoms with Gasteiger partial charge in [0.25, 0.3) is 0 Å². The number of rotatable bonds is 8. The molecule has 1 N–H and O–H groups in total. The Labute approximate surface area is 169 Å². The number of hydrogen-bond acceptors (Lipinski definition) is 2. The maximum absolute atomic E-state index is 12.3. The first-order chi connectivity index (χ1) is 13.5. The van der Waals surface area contributed by atoms with Crippen LogP contribution in [0.3, 0.4) is 0 Å². The summed E-state index contributed by atoms with van der Waals surface area (Å²) in [7, 11) is 0. The maximum atomic E-state index is 12.3. The van der Waals surface area contributed by atoms with Crippen LogP contribution in [-0.4, -0.2) is 16.9 Å². The first kappa shape index (κ1) is 21.1. The third kappa shape index (κ3) is 5.93. The van der Waals surface area contributed by atoms with Crippen LogP contribution in [0, 0.1) is 29.6 Å². The average Bonchev–Trinajstić information content (AvgIpc) is 2.64. The second-order valence-corrected chi connectivity index (χ2v) is 9.37. The van der Waals surface area contributed by atoms with Crippen molar-refractivity contribution < 1.29 is 14.7 Å². The van der Waals surface area contributed by atoms with Crippen LogP contribution in [0.2, 0.25) is 0 Å². The smallest absolute Gasteiger partial charge is 0.306 e. The van der Waals surface area contributed by atoms with Gasteiger partial charge in [0.2, 0.25) is 0 Å². The third-order valence-electron chi connectivity index (χ3n) is 7.28. The third-order valence-corrected chi connectivity index (χ3v) is 7.28. The molecule has 0 saturated heterocycles. The minimum absolute atomic E-state index is 0.150. The molecule has 2 saturated carbocycles. The van der Waals surface area contributed by atoms with E-state index < -0.39 is 11.9 Å². The van der Waals surface area contributed by atoms with Crippen molar-refractivity contribution in [3.05, 3.63) is 35.9 Å². The van der Waals surface area contributed by atoms with Crippen LogP contribution in [0.25, 0.3) is 0 Å². The summed E-state index contributed by atoms with van der Waals surface area (Å²) in [5.74, 6) is 1.50. The molecule has 2 aliphatic rings. The number of carboxylic acids is 1. The van der Waals surface area contributed by atoms with Crippen molar-refractivity contribution >= 4 is 11.8 Å². The summed E-state index contributed by atoms with van der Waals surface area (Å²) < 4.78 is 0. The van der Waals surface area contributed by atoms with Crippen LogP contribution in [0.4, 0.5) is 0 Å². The van der Waals surface area contributed by atoms with Crippen molar-refractivity contribution in [2.45, 2.75) is 77.6 Å². The summed E-state index contributed by atoms with van der Waals surface area (Å²) in [5.41, 5.74) is 1.46. The second kappa shape index (κ2) is 10.2. The van der Waals surface area contributed by atoms with Crippen LogP contribution in [0.1, 0.15) is 76.7 Å². The van der Waals surface area contributed by atoms with Crippen molar-refractivity contribution in [2.24, 2.45) is 29.6 Å². The molecule has 1 aromatic carbocycles. The molecule has 3 rings (SSSR count). The van der Waals surface area contributed by atoms with Gasteiger partial charge >= 0.3 is 5.97 Å². The van der Waals surface area contributed by atoms with E-state index in [0.29, 0.717) is 18.3 Å². The number of benzene rings is 1. The van der Waals surface area contributed by atoms with E-state index in [1.54, 1.807) is 6.92 Å². The fourth-order valence-electron chi connectivity index (χ4n) is 5.43. The molecule has 2 aliphatic carbocycles. The normalized spacial score (nSPS) is 29.2. The maximum Gasteiger partial charge on any atom is 0.306 e. The summed E-state index contributed by atoms with van der Waals surface area (Å²) in [6.45, 7) is 1.64. The quantitative estimate of drug-likeness (QED) is 0.606. The van der Waals surface area contributed by atoms with Gasteiger partial charge in [-0.2, -0.15) is 0 Å². The first-order valence-corrected chi connectivity index (χ1v) is 11.3. The number of carbonyl (C=O) groups is 2. The van der Waals surface area contributed by atoms with Crippen LogP contribution >= 0.6 is 0 Å². The molecular weight excluding hydrogens is 348 g/mol. The van der Waals surface area contributed by atoms with E-state index in [4.69, 9.17) is 5.11 Å². The molecule has 28 heavy (non-hydrogen) atoms. The van der Waals surface area contributed by atoms with E-state index in [1.165, 1.54) is 56.9 Å². The van der Waals surface area contributed by atoms with E-state index in [0.717, 1.165) is 18.3 Å². The second-order valence-electron chi connectivity index (χ2n) is 9.37. The van der Waals surface area contributed by atoms with E-state index >= 15 is 0 Å². The Morgan fingerprint density at radius 2 is 1.75 bits per heavy atom. The van der Waals surface area contributed by atoms with Gasteiger partial charge in [-0.05, 0) is 61.3 Å². The average molecular weight is 385 g/mol. The lowest BCUT2D eigenvalue weighted by Crippen LogP contribution is -2.35. The molecule has 5 atom stereocenters. The van der Waals surface area contributed by atoms with E-state index in [-0.39, 0.29) is 12.2 Å². The molecule has 1 aromatic rings. The van der Waals surface area contributed by atoms with Gasteiger partial charge < -0.3 is 5.11 Å². The molecule has 3 nitrogen and oxygen atoms in total. The lowest BCUT2D eigenvalue weighted by Gasteiger charge is -2.43. The van der Waals surface area contributed by atoms with Crippen LogP contribution in [0.15, 0.2) is 30.3 Å². The fraction of sp³-hybridized carbons (Fsp3) is 0.680. The minimum Gasteiger partial charge on any atom is -0.481 e. The highest BCUT2D eigenvalue weighted by atomic mass is 16.4. The van der Waals surface area contributed by atoms with Gasteiger partial charge in [-0.25, -0.2) is 0 Å². The highest BCUT2D eigenvalue weighted by Crippen LogP contribution is 2.46. The predicted octanol–water partition coefficient (Wildman–Crippen LogP) is 5.91. The molecule has 0 aromatic heterocycles. The van der Waals surface area contributed by atoms with Crippen molar-refractivity contribution in [1.29, 1.82) is 0 Å². The Balaban J connectivity index is 1.49. The van der Waals surface area contributed by atoms with Gasteiger partial charge in [0.05, 0.1) is 5.92 Å². The standard InChI is InChI=1S/C25H36O3/c1-18(25(27)28)15-23(26)17-22-13-14-24(22)21-10-6-5-9-20(11-12-21)16-19-7-3-2-4-8-19/h2-4,7-8,18,20-22,24H,5-6,9-17H2,1H3,(H,27,28). The monoisotopic (exact) mass is 384 g/mol. The highest BCUT2D eigenvalue weighted by Gasteiger charge is 2.38. The molecule has 0 aliphatic heterocycles. The highest BCUT2D eigenvalue weighted by molar-refractivity contribution is 5.83. The summed E-state index contributed by atoms with van der Waals surface area (Å²) in [6.07, 6.45) is 12.4. The fourth-order valence-corrected chi connectivity index (χ4v) is 5.43. The van der Waals surface area contributed by atoms with E-state index in [2.05, 4.69) is 30.3 Å². The number of carbonyl (C=O) groups excluding carboxylic acids is 1. The molecule has 5 unspecified atom stereocenters. The van der Waals surface area contributed by atoms with Crippen LogP contribution in [-0.2, 0) is 16.0 Å². The van der Waals surface area contributed by atoms with Crippen molar-refractivity contribution in [3.63, 3.8) is 0 Å². The summed E-state index contributed by atoms with van der Waals surface area (Å²) in [5, 5.41) is 9.03. The Hall–Kier alpha value is -1.64. The number of ketones is 1. The number of carboxylic acid groups (broad SMARTS) is 1. The molecule has 0 amide bonds. The van der Waals surface area contributed by atoms with Gasteiger partial charge in [0.15, 0.2) is 0 Å². The van der Waals surface area contributed by atoms with Crippen LogP contribution in [0.5, 0.6) is 0 Å². The Morgan fingerprint density at radius 3 is 2.43 bits per heavy atom. The zero-order valence-electron chi connectivity index (χ0n) is 17.3. The summed E-state index contributed by atoms with van der Waals surface area (Å²) in [4.78, 5) is 23.3. The molecule has 0 radical (unpaired) electrons. The van der Waals surface area contributed by atoms with E-state index in [9.17, 15) is 9.59 Å². The van der Waals surface area contributed by atoms with Crippen molar-refractivity contribution in [3.8, 4) is 0 Å². The molecule has 0 spiro atoms. The summed E-state index contributed by atoms with van der Waals surface area (Å²) in [6, 6.07) is 10.9. The topological polar surface area (TPSA) is 54.4 Å². The van der Waals surface area contributed by atoms with Gasteiger partial charge in [-0.1, -0.05) is 62.9 Å². The number of Topliss-reactive ketones (excluding diaryl/α,β-unsaturated/α-hetero) is 1. The SMILES string of the molecule is CC(CC(=O)CC1CCC1C1CCCCC(Cc2ccccc2)CC1)C(=O)O. The largest absolute Gasteiger partial charge is 0.481 e. The lowest BCUT2D eigenvalue weighted by atomic mass is 9.62. The van der Waals surface area contributed by atoms with Crippen molar-refractivity contribution in [2.75, 3.05) is 0 Å². The van der Waals surface area contributed by atoms with Gasteiger partial charge in [0.1, 0.15) is 5.78 Å². The Kier molecular flexibility index (Phi) is 7.70. The Morgan fingerprint density at radius 1 is 1.00 bits per heavy atom. The first-order valence-electron chi connectivity index (χ1n) is 11.3. The van der Waals surface area contributed by atoms with Crippen LogP contribution < -0.4 is 0 Å². The van der Waals surface area contributed by atoms with Gasteiger partial charge in [-0.15, -0.1) is 0 Å². The lowest BCUT2D eigenvalue weighted by molar-refractivity contribution is -0.143. The zero-order valence-corrected chi connectivity index (χ0v) is 17.3. The molecular formula is C25H36O3. The molecule has 0 heterocycles. The molecule has 3 heteroatoms. The molecule has 0 bridgehead atoms. The zero-order chi connectivity index (χ0) is 19.9. The molecule has 154 valence electrons.